The van der Waals surface area contributed by atoms with Crippen LogP contribution in [-0.4, -0.2) is 26.2 Å². The second-order valence-electron chi connectivity index (χ2n) is 0.931. The molecule has 0 unspecified atom stereocenters. The Balaban J connectivity index is 2.19. The number of hydrogen-bond donors (Lipinski definition) is 2. The molecule has 0 aromatic rings. The quantitative estimate of drug-likeness (QED) is 0.429. The van der Waals surface area contributed by atoms with E-state index in [2.05, 4.69) is 0 Å². The van der Waals surface area contributed by atoms with E-state index in [1.165, 1.54) is 0 Å². The molecule has 0 rings (SSSR count). The van der Waals surface area contributed by atoms with E-state index in [9.17, 15) is 0 Å². The molecule has 0 radical (unpaired) electrons. The van der Waals surface area contributed by atoms with Gasteiger partial charge in [0.2, 0.25) is 0 Å². The molecule has 0 aliphatic rings. The van der Waals surface area contributed by atoms with E-state index in [4.69, 9.17) is 11.5 Å². The van der Waals surface area contributed by atoms with Gasteiger partial charge >= 0.3 is 37.7 Å². The van der Waals surface area contributed by atoms with Crippen molar-refractivity contribution < 1.29 is 0 Å². The summed E-state index contributed by atoms with van der Waals surface area (Å²) in [4.78, 5) is 0. The first-order valence-electron chi connectivity index (χ1n) is 1.82. The fourth-order valence-electron chi connectivity index (χ4n) is 0.118. The molecule has 0 aliphatic heterocycles. The summed E-state index contributed by atoms with van der Waals surface area (Å²) in [5.41, 5.74) is 10.3. The third-order valence-electron chi connectivity index (χ3n) is 0.408. The number of rotatable bonds is 2. The van der Waals surface area contributed by atoms with Crippen molar-refractivity contribution >= 4 is 15.4 Å². The molecule has 0 heterocycles. The molecule has 0 aromatic carbocycles. The van der Waals surface area contributed by atoms with E-state index in [0.717, 1.165) is 10.8 Å². The average Bonchev–Trinajstić information content (AvgIpc) is 1.41. The second kappa shape index (κ2) is 4.46. The predicted molar refractivity (Wildman–Crippen MR) is 26.7 cm³/mol. The first-order chi connectivity index (χ1) is 2.41. The Hall–Kier alpha value is 0.463. The maximum atomic E-state index is 5.14. The number of nitrogens with two attached hydrogens (primary N) is 2. The summed E-state index contributed by atoms with van der Waals surface area (Å²) in [6, 6.07) is 0. The molecule has 32 valence electrons. The van der Waals surface area contributed by atoms with Crippen molar-refractivity contribution in [1.29, 1.82) is 0 Å². The molecular weight excluding hydrogens is 125 g/mol. The first kappa shape index (κ1) is 5.46. The third kappa shape index (κ3) is 4.46. The molecule has 0 spiro atoms. The van der Waals surface area contributed by atoms with Gasteiger partial charge in [0.25, 0.3) is 0 Å². The van der Waals surface area contributed by atoms with Gasteiger partial charge in [-0.05, 0) is 0 Å². The van der Waals surface area contributed by atoms with Gasteiger partial charge in [-0.25, -0.2) is 0 Å². The fraction of sp³-hybridized carbons (Fsp3) is 1.00. The molecular formula is C2H10GeN2. The summed E-state index contributed by atoms with van der Waals surface area (Å²) >= 11 is -0.347. The molecule has 0 fully saturated rings. The van der Waals surface area contributed by atoms with Crippen LogP contribution in [0, 0.1) is 0 Å². The molecule has 0 aromatic heterocycles. The Morgan fingerprint density at radius 3 is 1.60 bits per heavy atom. The van der Waals surface area contributed by atoms with Crippen LogP contribution >= 0.6 is 0 Å². The first-order valence-corrected chi connectivity index (χ1v) is 6.01. The summed E-state index contributed by atoms with van der Waals surface area (Å²) in [6.07, 6.45) is 0. The van der Waals surface area contributed by atoms with Crippen molar-refractivity contribution in [1.82, 2.24) is 0 Å². The minimum atomic E-state index is -0.347. The molecule has 2 nitrogen and oxygen atoms in total. The van der Waals surface area contributed by atoms with Crippen LogP contribution in [0.15, 0.2) is 0 Å². The zero-order valence-corrected chi connectivity index (χ0v) is 6.24. The molecule has 0 aliphatic carbocycles. The van der Waals surface area contributed by atoms with E-state index in [-0.39, 0.29) is 15.4 Å². The van der Waals surface area contributed by atoms with Crippen molar-refractivity contribution in [3.8, 4) is 0 Å². The van der Waals surface area contributed by atoms with Crippen molar-refractivity contribution in [3.05, 3.63) is 0 Å². The van der Waals surface area contributed by atoms with Gasteiger partial charge in [0.15, 0.2) is 0 Å². The maximum absolute atomic E-state index is 5.14. The zero-order chi connectivity index (χ0) is 4.12. The zero-order valence-electron chi connectivity index (χ0n) is 3.28. The van der Waals surface area contributed by atoms with Crippen LogP contribution < -0.4 is 11.5 Å². The molecule has 0 atom stereocenters. The summed E-state index contributed by atoms with van der Waals surface area (Å²) in [5.74, 6) is 0. The van der Waals surface area contributed by atoms with Crippen molar-refractivity contribution in [2.45, 2.75) is 0 Å². The van der Waals surface area contributed by atoms with Crippen molar-refractivity contribution in [3.63, 3.8) is 0 Å². The van der Waals surface area contributed by atoms with Crippen LogP contribution in [-0.2, 0) is 0 Å². The van der Waals surface area contributed by atoms with Gasteiger partial charge in [0.1, 0.15) is 0 Å². The van der Waals surface area contributed by atoms with Gasteiger partial charge in [0, 0.05) is 0 Å². The van der Waals surface area contributed by atoms with Gasteiger partial charge in [-0.2, -0.15) is 0 Å². The van der Waals surface area contributed by atoms with Gasteiger partial charge in [-0.15, -0.1) is 0 Å². The predicted octanol–water partition coefficient (Wildman–Crippen LogP) is -2.01. The minimum absolute atomic E-state index is 0.347. The summed E-state index contributed by atoms with van der Waals surface area (Å²) < 4.78 is 0. The van der Waals surface area contributed by atoms with Gasteiger partial charge in [-0.1, -0.05) is 0 Å². The van der Waals surface area contributed by atoms with E-state index < -0.39 is 0 Å². The normalized spacial score (nSPS) is 8.40. The Labute approximate surface area is 38.4 Å². The SMILES string of the molecule is N[CH2][GeH2][CH2]N. The van der Waals surface area contributed by atoms with Crippen LogP contribution in [0.3, 0.4) is 0 Å². The Morgan fingerprint density at radius 2 is 1.60 bits per heavy atom. The molecule has 5 heavy (non-hydrogen) atoms. The van der Waals surface area contributed by atoms with Crippen LogP contribution in [0.2, 0.25) is 0 Å². The van der Waals surface area contributed by atoms with Crippen LogP contribution in [0.5, 0.6) is 0 Å². The van der Waals surface area contributed by atoms with Crippen LogP contribution in [0.25, 0.3) is 0 Å². The van der Waals surface area contributed by atoms with Gasteiger partial charge in [0.05, 0.1) is 0 Å². The van der Waals surface area contributed by atoms with Crippen LogP contribution in [0.1, 0.15) is 0 Å². The monoisotopic (exact) mass is 136 g/mol. The Morgan fingerprint density at radius 1 is 1.20 bits per heavy atom. The van der Waals surface area contributed by atoms with E-state index in [1.54, 1.807) is 0 Å². The summed E-state index contributed by atoms with van der Waals surface area (Å²) in [6.45, 7) is 0. The van der Waals surface area contributed by atoms with E-state index in [0.29, 0.717) is 0 Å². The summed E-state index contributed by atoms with van der Waals surface area (Å²) in [7, 11) is 0. The van der Waals surface area contributed by atoms with Gasteiger partial charge < -0.3 is 0 Å². The molecule has 0 amide bonds. The molecule has 0 saturated carbocycles. The number of hydrogen-bond acceptors (Lipinski definition) is 2. The van der Waals surface area contributed by atoms with E-state index >= 15 is 0 Å². The second-order valence-corrected chi connectivity index (χ2v) is 4.84. The van der Waals surface area contributed by atoms with Gasteiger partial charge in [-0.3, -0.25) is 0 Å². The molecule has 0 bridgehead atoms. The molecule has 0 saturated heterocycles. The third-order valence-corrected chi connectivity index (χ3v) is 2.12. The topological polar surface area (TPSA) is 52.0 Å². The van der Waals surface area contributed by atoms with Crippen molar-refractivity contribution in [2.24, 2.45) is 11.5 Å². The standard InChI is InChI=1S/C2H10GeN2/c4-1-3-2-5/h1-5H2. The van der Waals surface area contributed by atoms with Crippen molar-refractivity contribution in [2.75, 3.05) is 10.8 Å². The molecule has 4 N–H and O–H groups in total. The van der Waals surface area contributed by atoms with Crippen LogP contribution in [0.4, 0.5) is 0 Å². The summed E-state index contributed by atoms with van der Waals surface area (Å²) in [5, 5.41) is 1.81. The average molecular weight is 135 g/mol. The fourth-order valence-corrected chi connectivity index (χ4v) is 0.612. The Bertz CT molecular complexity index is 15.1. The Kier molecular flexibility index (Phi) is 4.88. The molecule has 3 heteroatoms. The van der Waals surface area contributed by atoms with E-state index in [1.807, 2.05) is 0 Å².